The zero-order valence-corrected chi connectivity index (χ0v) is 18.4. The van der Waals surface area contributed by atoms with Gasteiger partial charge in [0, 0.05) is 25.2 Å². The lowest BCUT2D eigenvalue weighted by atomic mass is 10.1. The molecular weight excluding hydrogens is 444 g/mol. The van der Waals surface area contributed by atoms with E-state index < -0.39 is 30.0 Å². The van der Waals surface area contributed by atoms with Crippen LogP contribution in [-0.2, 0) is 20.2 Å². The normalized spacial score (nSPS) is 12.4. The van der Waals surface area contributed by atoms with Crippen LogP contribution in [0.15, 0.2) is 62.5 Å². The van der Waals surface area contributed by atoms with E-state index in [1.807, 2.05) is 0 Å². The van der Waals surface area contributed by atoms with Gasteiger partial charge in [0.05, 0.1) is 5.69 Å². The Morgan fingerprint density at radius 2 is 1.42 bits per heavy atom. The molecule has 10 nitrogen and oxygen atoms in total. The van der Waals surface area contributed by atoms with Crippen molar-refractivity contribution in [2.24, 2.45) is 10.2 Å². The standard InChI is InChI=1S/C19H20N4O6S2/c1-11-6-12-8-19(31(27,28)29)17(10-14(12)18(7-11)30(24,25)26)23-22-15-5-4-13(20-2)9-16(15)21-3/h4-10,20-21H,1-3H3,(H,24,25,26)(H,27,28,29). The van der Waals surface area contributed by atoms with Crippen molar-refractivity contribution in [2.45, 2.75) is 16.7 Å². The van der Waals surface area contributed by atoms with E-state index in [0.717, 1.165) is 17.8 Å². The summed E-state index contributed by atoms with van der Waals surface area (Å²) < 4.78 is 66.8. The van der Waals surface area contributed by atoms with Crippen LogP contribution in [0.5, 0.6) is 0 Å². The van der Waals surface area contributed by atoms with Crippen molar-refractivity contribution in [1.29, 1.82) is 0 Å². The minimum atomic E-state index is -4.71. The van der Waals surface area contributed by atoms with Crippen LogP contribution in [0.3, 0.4) is 0 Å². The molecule has 0 aliphatic carbocycles. The monoisotopic (exact) mass is 464 g/mol. The Labute approximate surface area is 179 Å². The molecule has 164 valence electrons. The number of aryl methyl sites for hydroxylation is 1. The van der Waals surface area contributed by atoms with Gasteiger partial charge in [0.1, 0.15) is 21.2 Å². The summed E-state index contributed by atoms with van der Waals surface area (Å²) in [6.07, 6.45) is 0. The molecular formula is C19H20N4O6S2. The molecule has 31 heavy (non-hydrogen) atoms. The summed E-state index contributed by atoms with van der Waals surface area (Å²) in [6, 6.07) is 10.1. The third-order valence-corrected chi connectivity index (χ3v) is 6.29. The van der Waals surface area contributed by atoms with E-state index in [0.29, 0.717) is 16.9 Å². The maximum absolute atomic E-state index is 11.9. The van der Waals surface area contributed by atoms with Crippen molar-refractivity contribution >= 4 is 53.8 Å². The number of rotatable bonds is 6. The molecule has 0 aliphatic heterocycles. The van der Waals surface area contributed by atoms with E-state index in [-0.39, 0.29) is 16.5 Å². The number of anilines is 2. The first-order valence-corrected chi connectivity index (χ1v) is 11.8. The second-order valence-corrected chi connectivity index (χ2v) is 9.47. The quantitative estimate of drug-likeness (QED) is 0.313. The Bertz CT molecular complexity index is 1420. The first-order chi connectivity index (χ1) is 14.4. The zero-order valence-electron chi connectivity index (χ0n) is 16.8. The Hall–Kier alpha value is -3.06. The minimum absolute atomic E-state index is 0.0359. The lowest BCUT2D eigenvalue weighted by molar-refractivity contribution is 0.482. The van der Waals surface area contributed by atoms with Crippen molar-refractivity contribution in [3.05, 3.63) is 48.0 Å². The average molecular weight is 465 g/mol. The molecule has 12 heteroatoms. The molecule has 4 N–H and O–H groups in total. The van der Waals surface area contributed by atoms with Gasteiger partial charge in [-0.05, 0) is 54.3 Å². The van der Waals surface area contributed by atoms with E-state index in [4.69, 9.17) is 0 Å². The average Bonchev–Trinajstić information content (AvgIpc) is 2.69. The topological polar surface area (TPSA) is 158 Å². The number of hydrogen-bond acceptors (Lipinski definition) is 8. The molecule has 0 radical (unpaired) electrons. The molecule has 0 amide bonds. The van der Waals surface area contributed by atoms with Gasteiger partial charge in [-0.3, -0.25) is 9.11 Å². The molecule has 0 fully saturated rings. The van der Waals surface area contributed by atoms with Gasteiger partial charge in [0.25, 0.3) is 20.2 Å². The highest BCUT2D eigenvalue weighted by atomic mass is 32.2. The van der Waals surface area contributed by atoms with Crippen LogP contribution in [0.1, 0.15) is 5.56 Å². The summed E-state index contributed by atoms with van der Waals surface area (Å²) in [5.41, 5.74) is 1.96. The number of fused-ring (bicyclic) bond motifs is 1. The van der Waals surface area contributed by atoms with Gasteiger partial charge >= 0.3 is 0 Å². The Morgan fingerprint density at radius 3 is 2.00 bits per heavy atom. The van der Waals surface area contributed by atoms with Crippen molar-refractivity contribution in [3.8, 4) is 0 Å². The van der Waals surface area contributed by atoms with Crippen LogP contribution >= 0.6 is 0 Å². The van der Waals surface area contributed by atoms with Crippen molar-refractivity contribution < 1.29 is 25.9 Å². The van der Waals surface area contributed by atoms with Gasteiger partial charge < -0.3 is 10.6 Å². The summed E-state index contributed by atoms with van der Waals surface area (Å²) >= 11 is 0. The molecule has 0 saturated heterocycles. The highest BCUT2D eigenvalue weighted by Crippen LogP contribution is 2.36. The highest BCUT2D eigenvalue weighted by Gasteiger charge is 2.21. The lowest BCUT2D eigenvalue weighted by Crippen LogP contribution is -2.02. The molecule has 3 aromatic carbocycles. The van der Waals surface area contributed by atoms with Gasteiger partial charge in [0.2, 0.25) is 0 Å². The lowest BCUT2D eigenvalue weighted by Gasteiger charge is -2.10. The number of azo groups is 1. The fourth-order valence-corrected chi connectivity index (χ4v) is 4.50. The Kier molecular flexibility index (Phi) is 6.00. The van der Waals surface area contributed by atoms with Crippen LogP contribution < -0.4 is 10.6 Å². The van der Waals surface area contributed by atoms with Crippen molar-refractivity contribution in [3.63, 3.8) is 0 Å². The minimum Gasteiger partial charge on any atom is -0.388 e. The first-order valence-electron chi connectivity index (χ1n) is 8.88. The molecule has 3 rings (SSSR count). The molecule has 0 heterocycles. The fraction of sp³-hybridized carbons (Fsp3) is 0.158. The molecule has 0 aromatic heterocycles. The van der Waals surface area contributed by atoms with Crippen molar-refractivity contribution in [1.82, 2.24) is 0 Å². The second-order valence-electron chi connectivity index (χ2n) is 6.69. The summed E-state index contributed by atoms with van der Waals surface area (Å²) in [5, 5.41) is 14.2. The smallest absolute Gasteiger partial charge is 0.296 e. The predicted molar refractivity (Wildman–Crippen MR) is 118 cm³/mol. The number of hydrogen-bond donors (Lipinski definition) is 4. The van der Waals surface area contributed by atoms with Crippen LogP contribution in [0.25, 0.3) is 10.8 Å². The molecule has 0 atom stereocenters. The van der Waals surface area contributed by atoms with Crippen LogP contribution in [0.4, 0.5) is 22.7 Å². The second kappa shape index (κ2) is 8.23. The third kappa shape index (κ3) is 4.82. The molecule has 3 aromatic rings. The van der Waals surface area contributed by atoms with Crippen LogP contribution in [0.2, 0.25) is 0 Å². The summed E-state index contributed by atoms with van der Waals surface area (Å²) in [6.45, 7) is 1.59. The van der Waals surface area contributed by atoms with Gasteiger partial charge in [-0.15, -0.1) is 10.2 Å². The summed E-state index contributed by atoms with van der Waals surface area (Å²) in [5.74, 6) is 0. The third-order valence-electron chi connectivity index (χ3n) is 4.51. The summed E-state index contributed by atoms with van der Waals surface area (Å²) in [4.78, 5) is -0.955. The van der Waals surface area contributed by atoms with Crippen molar-refractivity contribution in [2.75, 3.05) is 24.7 Å². The number of benzene rings is 3. The van der Waals surface area contributed by atoms with Crippen LogP contribution in [-0.4, -0.2) is 40.0 Å². The van der Waals surface area contributed by atoms with E-state index in [9.17, 15) is 25.9 Å². The molecule has 0 unspecified atom stereocenters. The number of nitrogens with one attached hydrogen (secondary N) is 2. The molecule has 0 aliphatic rings. The summed E-state index contributed by atoms with van der Waals surface area (Å²) in [7, 11) is -5.89. The van der Waals surface area contributed by atoms with Gasteiger partial charge in [-0.25, -0.2) is 0 Å². The molecule has 0 bridgehead atoms. The Balaban J connectivity index is 2.28. The van der Waals surface area contributed by atoms with E-state index in [1.165, 1.54) is 12.1 Å². The highest BCUT2D eigenvalue weighted by molar-refractivity contribution is 7.86. The van der Waals surface area contributed by atoms with Gasteiger partial charge in [-0.2, -0.15) is 16.8 Å². The van der Waals surface area contributed by atoms with E-state index in [2.05, 4.69) is 20.9 Å². The maximum atomic E-state index is 11.9. The number of nitrogens with zero attached hydrogens (tertiary/aromatic N) is 2. The first kappa shape index (κ1) is 22.6. The Morgan fingerprint density at radius 1 is 0.774 bits per heavy atom. The predicted octanol–water partition coefficient (Wildman–Crippen LogP) is 4.14. The zero-order chi connectivity index (χ0) is 23.0. The fourth-order valence-electron chi connectivity index (χ4n) is 3.07. The van der Waals surface area contributed by atoms with Gasteiger partial charge in [0.15, 0.2) is 0 Å². The largest absolute Gasteiger partial charge is 0.388 e. The van der Waals surface area contributed by atoms with E-state index >= 15 is 0 Å². The van der Waals surface area contributed by atoms with Crippen LogP contribution in [0, 0.1) is 6.92 Å². The van der Waals surface area contributed by atoms with E-state index in [1.54, 1.807) is 39.2 Å². The maximum Gasteiger partial charge on any atom is 0.296 e. The van der Waals surface area contributed by atoms with Gasteiger partial charge in [-0.1, -0.05) is 6.07 Å². The molecule has 0 spiro atoms. The molecule has 0 saturated carbocycles. The SMILES string of the molecule is CNc1ccc(N=Nc2cc3c(S(=O)(=O)O)cc(C)cc3cc2S(=O)(=O)O)c(NC)c1.